The van der Waals surface area contributed by atoms with Crippen LogP contribution >= 0.6 is 15.9 Å². The largest absolute Gasteiger partial charge is 0.351 e. The Kier molecular flexibility index (Phi) is 4.57. The minimum atomic E-state index is -0.984. The number of amides is 1. The first kappa shape index (κ1) is 16.0. The third-order valence-electron chi connectivity index (χ3n) is 5.06. The maximum absolute atomic E-state index is 12.6. The van der Waals surface area contributed by atoms with Gasteiger partial charge in [0.25, 0.3) is 0 Å². The average molecular weight is 366 g/mol. The summed E-state index contributed by atoms with van der Waals surface area (Å²) in [5.41, 5.74) is 6.15. The first-order valence-electron chi connectivity index (χ1n) is 8.05. The Hall–Kier alpha value is -0.910. The molecule has 5 heteroatoms. The number of halogens is 1. The van der Waals surface area contributed by atoms with E-state index < -0.39 is 5.54 Å². The van der Waals surface area contributed by atoms with Crippen molar-refractivity contribution in [1.29, 1.82) is 0 Å². The maximum atomic E-state index is 12.6. The molecule has 1 aliphatic heterocycles. The molecule has 1 aliphatic carbocycles. The molecule has 0 spiro atoms. The predicted octanol–water partition coefficient (Wildman–Crippen LogP) is 2.13. The molecular formula is C17H24BrN3O. The highest BCUT2D eigenvalue weighted by Crippen LogP contribution is 2.41. The van der Waals surface area contributed by atoms with Crippen LogP contribution in [0.2, 0.25) is 0 Å². The van der Waals surface area contributed by atoms with Gasteiger partial charge in [0.1, 0.15) is 5.54 Å². The molecule has 1 saturated carbocycles. The number of nitrogens with two attached hydrogens (primary N) is 1. The smallest absolute Gasteiger partial charge is 0.244 e. The van der Waals surface area contributed by atoms with Crippen molar-refractivity contribution in [3.8, 4) is 0 Å². The molecule has 1 aromatic carbocycles. The number of carbonyl (C=O) groups is 1. The first-order valence-corrected chi connectivity index (χ1v) is 8.84. The number of nitrogens with one attached hydrogen (secondary N) is 2. The fourth-order valence-electron chi connectivity index (χ4n) is 3.42. The summed E-state index contributed by atoms with van der Waals surface area (Å²) >= 11 is 3.40. The molecule has 1 aromatic rings. The maximum Gasteiger partial charge on any atom is 0.244 e. The van der Waals surface area contributed by atoms with E-state index in [9.17, 15) is 4.79 Å². The van der Waals surface area contributed by atoms with E-state index in [4.69, 9.17) is 5.73 Å². The second kappa shape index (κ2) is 6.30. The highest BCUT2D eigenvalue weighted by Gasteiger charge is 2.45. The zero-order valence-corrected chi connectivity index (χ0v) is 14.5. The zero-order valence-electron chi connectivity index (χ0n) is 12.9. The highest BCUT2D eigenvalue weighted by molar-refractivity contribution is 9.10. The van der Waals surface area contributed by atoms with Gasteiger partial charge in [0.2, 0.25) is 5.91 Å². The summed E-state index contributed by atoms with van der Waals surface area (Å²) in [5.74, 6) is 1.33. The van der Waals surface area contributed by atoms with Gasteiger partial charge in [0, 0.05) is 10.5 Å². The molecular weight excluding hydrogens is 342 g/mol. The molecule has 2 aliphatic rings. The van der Waals surface area contributed by atoms with Crippen molar-refractivity contribution in [2.45, 2.75) is 37.8 Å². The van der Waals surface area contributed by atoms with Crippen molar-refractivity contribution in [3.63, 3.8) is 0 Å². The molecule has 3 rings (SSSR count). The Morgan fingerprint density at radius 2 is 1.95 bits per heavy atom. The van der Waals surface area contributed by atoms with E-state index in [0.29, 0.717) is 12.0 Å². The topological polar surface area (TPSA) is 67.2 Å². The van der Waals surface area contributed by atoms with Gasteiger partial charge in [-0.1, -0.05) is 28.1 Å². The Labute approximate surface area is 140 Å². The molecule has 3 atom stereocenters. The Morgan fingerprint density at radius 3 is 2.59 bits per heavy atom. The zero-order chi connectivity index (χ0) is 15.7. The Bertz CT molecular complexity index is 537. The summed E-state index contributed by atoms with van der Waals surface area (Å²) in [5, 5.41) is 6.55. The van der Waals surface area contributed by atoms with Gasteiger partial charge in [-0.05, 0) is 68.8 Å². The second-order valence-corrected chi connectivity index (χ2v) is 7.69. The normalized spacial score (nSPS) is 28.0. The van der Waals surface area contributed by atoms with E-state index in [1.54, 1.807) is 6.92 Å². The summed E-state index contributed by atoms with van der Waals surface area (Å²) in [6.07, 6.45) is 3.56. The van der Waals surface area contributed by atoms with E-state index in [0.717, 1.165) is 35.5 Å². The van der Waals surface area contributed by atoms with Crippen LogP contribution in [-0.2, 0) is 10.3 Å². The van der Waals surface area contributed by atoms with E-state index in [2.05, 4.69) is 26.6 Å². The lowest BCUT2D eigenvalue weighted by Gasteiger charge is -2.26. The monoisotopic (exact) mass is 365 g/mol. The van der Waals surface area contributed by atoms with Gasteiger partial charge < -0.3 is 16.4 Å². The summed E-state index contributed by atoms with van der Waals surface area (Å²) in [7, 11) is 0. The van der Waals surface area contributed by atoms with Crippen LogP contribution in [0.3, 0.4) is 0 Å². The van der Waals surface area contributed by atoms with Crippen LogP contribution in [0.15, 0.2) is 28.7 Å². The Balaban J connectivity index is 1.58. The van der Waals surface area contributed by atoms with Crippen LogP contribution in [-0.4, -0.2) is 25.0 Å². The van der Waals surface area contributed by atoms with Gasteiger partial charge in [0.05, 0.1) is 0 Å². The van der Waals surface area contributed by atoms with Gasteiger partial charge in [-0.25, -0.2) is 0 Å². The van der Waals surface area contributed by atoms with Crippen LogP contribution in [0.4, 0.5) is 0 Å². The van der Waals surface area contributed by atoms with Crippen LogP contribution in [0.25, 0.3) is 0 Å². The third kappa shape index (κ3) is 3.36. The number of carbonyl (C=O) groups excluding carboxylic acids is 1. The molecule has 0 bridgehead atoms. The highest BCUT2D eigenvalue weighted by atomic mass is 79.9. The SMILES string of the molecule is CC(N)(C(=O)N[C@@H]1C[C@H]1C1CCNCC1)c1ccc(Br)cc1. The molecule has 120 valence electrons. The molecule has 2 fully saturated rings. The standard InChI is InChI=1S/C17H24BrN3O/c1-17(19,12-2-4-13(18)5-3-12)16(22)21-15-10-14(15)11-6-8-20-9-7-11/h2-5,11,14-15,20H,6-10,19H2,1H3,(H,21,22)/t14-,15+,17?/m0/s1. The Morgan fingerprint density at radius 1 is 1.32 bits per heavy atom. The van der Waals surface area contributed by atoms with Gasteiger partial charge in [-0.2, -0.15) is 0 Å². The third-order valence-corrected chi connectivity index (χ3v) is 5.59. The minimum Gasteiger partial charge on any atom is -0.351 e. The predicted molar refractivity (Wildman–Crippen MR) is 91.3 cm³/mol. The van der Waals surface area contributed by atoms with Crippen molar-refractivity contribution in [2.24, 2.45) is 17.6 Å². The molecule has 4 nitrogen and oxygen atoms in total. The molecule has 1 saturated heterocycles. The summed E-state index contributed by atoms with van der Waals surface area (Å²) in [4.78, 5) is 12.6. The van der Waals surface area contributed by atoms with Crippen molar-refractivity contribution in [2.75, 3.05) is 13.1 Å². The van der Waals surface area contributed by atoms with E-state index in [1.807, 2.05) is 24.3 Å². The van der Waals surface area contributed by atoms with Gasteiger partial charge in [-0.3, -0.25) is 4.79 Å². The average Bonchev–Trinajstić information content (AvgIpc) is 3.28. The van der Waals surface area contributed by atoms with Gasteiger partial charge in [-0.15, -0.1) is 0 Å². The lowest BCUT2D eigenvalue weighted by molar-refractivity contribution is -0.126. The second-order valence-electron chi connectivity index (χ2n) is 6.78. The summed E-state index contributed by atoms with van der Waals surface area (Å²) < 4.78 is 0.987. The van der Waals surface area contributed by atoms with Crippen molar-refractivity contribution >= 4 is 21.8 Å². The summed E-state index contributed by atoms with van der Waals surface area (Å²) in [6.45, 7) is 4.00. The van der Waals surface area contributed by atoms with Gasteiger partial charge in [0.15, 0.2) is 0 Å². The molecule has 1 unspecified atom stereocenters. The molecule has 4 N–H and O–H groups in total. The van der Waals surface area contributed by atoms with Crippen molar-refractivity contribution in [3.05, 3.63) is 34.3 Å². The van der Waals surface area contributed by atoms with Crippen LogP contribution in [0, 0.1) is 11.8 Å². The number of piperidine rings is 1. The minimum absolute atomic E-state index is 0.0729. The van der Waals surface area contributed by atoms with E-state index in [1.165, 1.54) is 12.8 Å². The van der Waals surface area contributed by atoms with Gasteiger partial charge >= 0.3 is 0 Å². The number of rotatable bonds is 4. The van der Waals surface area contributed by atoms with E-state index in [-0.39, 0.29) is 5.91 Å². The van der Waals surface area contributed by atoms with Crippen LogP contribution in [0.5, 0.6) is 0 Å². The lowest BCUT2D eigenvalue weighted by Crippen LogP contribution is -2.50. The van der Waals surface area contributed by atoms with E-state index >= 15 is 0 Å². The van der Waals surface area contributed by atoms with Crippen LogP contribution in [0.1, 0.15) is 31.7 Å². The molecule has 1 amide bonds. The number of benzene rings is 1. The quantitative estimate of drug-likeness (QED) is 0.765. The molecule has 22 heavy (non-hydrogen) atoms. The molecule has 1 heterocycles. The van der Waals surface area contributed by atoms with Crippen LogP contribution < -0.4 is 16.4 Å². The van der Waals surface area contributed by atoms with Crippen molar-refractivity contribution in [1.82, 2.24) is 10.6 Å². The number of hydrogen-bond acceptors (Lipinski definition) is 3. The molecule has 0 radical (unpaired) electrons. The first-order chi connectivity index (χ1) is 10.5. The molecule has 0 aromatic heterocycles. The fraction of sp³-hybridized carbons (Fsp3) is 0.588. The number of hydrogen-bond donors (Lipinski definition) is 3. The van der Waals surface area contributed by atoms with Crippen molar-refractivity contribution < 1.29 is 4.79 Å². The summed E-state index contributed by atoms with van der Waals surface area (Å²) in [6, 6.07) is 7.96. The lowest BCUT2D eigenvalue weighted by atomic mass is 9.91. The fourth-order valence-corrected chi connectivity index (χ4v) is 3.68.